The van der Waals surface area contributed by atoms with Crippen LogP contribution in [0.15, 0.2) is 60.7 Å². The van der Waals surface area contributed by atoms with Gasteiger partial charge in [0.2, 0.25) is 0 Å². The highest BCUT2D eigenvalue weighted by Crippen LogP contribution is 2.69. The molecule has 0 unspecified atom stereocenters. The molecular weight excluding hydrogens is 515 g/mol. The largest absolute Gasteiger partial charge is 0.497 e. The van der Waals surface area contributed by atoms with Crippen molar-refractivity contribution in [2.24, 2.45) is 0 Å². The quantitative estimate of drug-likeness (QED) is 0.292. The van der Waals surface area contributed by atoms with Gasteiger partial charge in [-0.25, -0.2) is 0 Å². The summed E-state index contributed by atoms with van der Waals surface area (Å²) in [6, 6.07) is 14.6. The number of rotatable bonds is 7. The predicted molar refractivity (Wildman–Crippen MR) is 117 cm³/mol. The van der Waals surface area contributed by atoms with E-state index in [1.807, 2.05) is 0 Å². The van der Waals surface area contributed by atoms with Crippen LogP contribution in [0.4, 0.5) is 26.3 Å². The second-order valence-corrected chi connectivity index (χ2v) is 10.1. The summed E-state index contributed by atoms with van der Waals surface area (Å²) in [6.45, 7) is -4.36. The van der Waals surface area contributed by atoms with Crippen LogP contribution in [0.25, 0.3) is 10.8 Å². The minimum Gasteiger partial charge on any atom is -0.497 e. The number of halogens is 6. The number of methoxy groups -OCH3 is 1. The minimum atomic E-state index is -5.50. The van der Waals surface area contributed by atoms with E-state index in [2.05, 4.69) is 14.4 Å². The number of nitrogens with one attached hydrogen (secondary N) is 1. The fraction of sp³-hybridized carbons (Fsp3) is 0.261. The molecule has 0 saturated carbocycles. The zero-order chi connectivity index (χ0) is 26.4. The van der Waals surface area contributed by atoms with Gasteiger partial charge < -0.3 is 10.1 Å². The van der Waals surface area contributed by atoms with Gasteiger partial charge in [-0.05, 0) is 40.6 Å². The molecule has 1 atom stereocenters. The van der Waals surface area contributed by atoms with Gasteiger partial charge in [-0.3, -0.25) is 18.4 Å². The molecule has 192 valence electrons. The zero-order valence-corrected chi connectivity index (χ0v) is 19.3. The number of carbonyl (C=O) groups is 1. The second kappa shape index (κ2) is 9.10. The molecule has 0 fully saturated rings. The van der Waals surface area contributed by atoms with Crippen LogP contribution in [0, 0.1) is 0 Å². The summed E-state index contributed by atoms with van der Waals surface area (Å²) in [5, 5.41) is 0.884. The van der Waals surface area contributed by atoms with Crippen LogP contribution in [0.3, 0.4) is 0 Å². The molecule has 0 radical (unpaired) electrons. The molecule has 3 aromatic carbocycles. The SMILES string of the molecule is COc1ccc([C@@]2(P(=O)(OCC(F)(F)F)OCC(F)(F)F)NC(=O)c3cc4ccccc4cc32)cc1. The maximum Gasteiger partial charge on any atom is 0.412 e. The number of benzene rings is 3. The number of hydrogen-bond donors (Lipinski definition) is 1. The summed E-state index contributed by atoms with van der Waals surface area (Å²) >= 11 is 0. The zero-order valence-electron chi connectivity index (χ0n) is 18.4. The molecule has 0 aromatic heterocycles. The van der Waals surface area contributed by atoms with Crippen molar-refractivity contribution >= 4 is 24.3 Å². The summed E-state index contributed by atoms with van der Waals surface area (Å²) in [7, 11) is -4.16. The van der Waals surface area contributed by atoms with E-state index in [4.69, 9.17) is 4.74 Å². The van der Waals surface area contributed by atoms with Crippen LogP contribution >= 0.6 is 7.60 Å². The van der Waals surface area contributed by atoms with Gasteiger partial charge in [0.05, 0.1) is 7.11 Å². The van der Waals surface area contributed by atoms with Crippen molar-refractivity contribution < 1.29 is 49.5 Å². The van der Waals surface area contributed by atoms with Crippen LogP contribution < -0.4 is 10.1 Å². The van der Waals surface area contributed by atoms with E-state index in [1.165, 1.54) is 43.5 Å². The van der Waals surface area contributed by atoms with Crippen molar-refractivity contribution in [2.45, 2.75) is 17.6 Å². The van der Waals surface area contributed by atoms with Crippen molar-refractivity contribution in [1.82, 2.24) is 5.32 Å². The number of amides is 1. The van der Waals surface area contributed by atoms with Gasteiger partial charge in [-0.2, -0.15) is 26.3 Å². The van der Waals surface area contributed by atoms with E-state index in [9.17, 15) is 35.7 Å². The summed E-state index contributed by atoms with van der Waals surface area (Å²) in [4.78, 5) is 13.1. The standard InChI is InChI=1S/C23H18F6NO5P/c1-33-17-8-6-16(7-9-17)23(36(32,34-12-21(24,25)26)35-13-22(27,28)29)19-11-15-5-3-2-4-14(15)10-18(19)20(31)30-23/h2-11H,12-13H2,1H3,(H,30,31)/t23-/m0/s1. The number of hydrogen-bond acceptors (Lipinski definition) is 5. The summed E-state index contributed by atoms with van der Waals surface area (Å²) < 4.78 is 107. The topological polar surface area (TPSA) is 73.9 Å². The van der Waals surface area contributed by atoms with Crippen LogP contribution in [0.2, 0.25) is 0 Å². The van der Waals surface area contributed by atoms with Crippen molar-refractivity contribution in [3.8, 4) is 5.75 Å². The van der Waals surface area contributed by atoms with Crippen LogP contribution in [-0.4, -0.2) is 38.6 Å². The summed E-state index contributed by atoms with van der Waals surface area (Å²) in [5.74, 6) is -0.586. The molecule has 1 heterocycles. The van der Waals surface area contributed by atoms with E-state index in [0.717, 1.165) is 0 Å². The number of carbonyl (C=O) groups excluding carboxylic acids is 1. The van der Waals surface area contributed by atoms with Crippen LogP contribution in [0.5, 0.6) is 5.75 Å². The highest BCUT2D eigenvalue weighted by atomic mass is 31.2. The van der Waals surface area contributed by atoms with Gasteiger partial charge >= 0.3 is 19.9 Å². The Balaban J connectivity index is 2.01. The Labute approximate surface area is 200 Å². The highest BCUT2D eigenvalue weighted by Gasteiger charge is 2.61. The Morgan fingerprint density at radius 1 is 0.861 bits per heavy atom. The Hall–Kier alpha value is -3.08. The molecule has 0 spiro atoms. The first-order valence-corrected chi connectivity index (χ1v) is 11.9. The van der Waals surface area contributed by atoms with E-state index < -0.39 is 44.3 Å². The maximum atomic E-state index is 14.1. The Morgan fingerprint density at radius 3 is 1.89 bits per heavy atom. The molecule has 1 N–H and O–H groups in total. The average molecular weight is 533 g/mol. The molecule has 4 rings (SSSR count). The van der Waals surface area contributed by atoms with Gasteiger partial charge in [0.1, 0.15) is 5.75 Å². The monoisotopic (exact) mass is 533 g/mol. The lowest BCUT2D eigenvalue weighted by Crippen LogP contribution is -2.42. The fourth-order valence-electron chi connectivity index (χ4n) is 4.01. The summed E-state index contributed by atoms with van der Waals surface area (Å²) in [6.07, 6.45) is -10.1. The number of alkyl halides is 6. The number of fused-ring (bicyclic) bond motifs is 2. The average Bonchev–Trinajstić information content (AvgIpc) is 3.12. The Morgan fingerprint density at radius 2 is 1.39 bits per heavy atom. The minimum absolute atomic E-state index is 0.101. The van der Waals surface area contributed by atoms with E-state index in [1.54, 1.807) is 24.3 Å². The highest BCUT2D eigenvalue weighted by molar-refractivity contribution is 7.55. The van der Waals surface area contributed by atoms with Crippen molar-refractivity contribution in [1.29, 1.82) is 0 Å². The first-order chi connectivity index (χ1) is 16.8. The van der Waals surface area contributed by atoms with Gasteiger partial charge in [-0.15, -0.1) is 0 Å². The second-order valence-electron chi connectivity index (χ2n) is 7.91. The van der Waals surface area contributed by atoms with E-state index in [0.29, 0.717) is 16.5 Å². The molecule has 3 aromatic rings. The molecular formula is C23H18F6NO5P. The van der Waals surface area contributed by atoms with Gasteiger partial charge in [0.25, 0.3) is 5.91 Å². The van der Waals surface area contributed by atoms with Crippen LogP contribution in [0.1, 0.15) is 21.5 Å². The first kappa shape index (κ1) is 26.0. The first-order valence-electron chi connectivity index (χ1n) is 10.3. The van der Waals surface area contributed by atoms with Crippen LogP contribution in [-0.2, 0) is 18.9 Å². The third-order valence-corrected chi connectivity index (χ3v) is 7.90. The van der Waals surface area contributed by atoms with Gasteiger partial charge in [0.15, 0.2) is 18.5 Å². The summed E-state index contributed by atoms with van der Waals surface area (Å²) in [5.41, 5.74) is -0.377. The third-order valence-electron chi connectivity index (χ3n) is 5.53. The fourth-order valence-corrected chi connectivity index (χ4v) is 6.29. The Kier molecular flexibility index (Phi) is 6.57. The molecule has 13 heteroatoms. The molecule has 6 nitrogen and oxygen atoms in total. The molecule has 0 bridgehead atoms. The Bertz CT molecular complexity index is 1320. The van der Waals surface area contributed by atoms with Crippen molar-refractivity contribution in [2.75, 3.05) is 20.3 Å². The lowest BCUT2D eigenvalue weighted by molar-refractivity contribution is -0.166. The molecule has 0 aliphatic carbocycles. The molecule has 1 aliphatic rings. The normalized spacial score (nSPS) is 18.2. The third kappa shape index (κ3) is 4.80. The number of ether oxygens (including phenoxy) is 1. The van der Waals surface area contributed by atoms with E-state index >= 15 is 0 Å². The lowest BCUT2D eigenvalue weighted by Gasteiger charge is -2.37. The van der Waals surface area contributed by atoms with Gasteiger partial charge in [0, 0.05) is 11.1 Å². The smallest absolute Gasteiger partial charge is 0.412 e. The molecule has 1 aliphatic heterocycles. The molecule has 1 amide bonds. The van der Waals surface area contributed by atoms with Crippen molar-refractivity contribution in [3.05, 3.63) is 77.4 Å². The van der Waals surface area contributed by atoms with Gasteiger partial charge in [-0.1, -0.05) is 36.4 Å². The lowest BCUT2D eigenvalue weighted by atomic mass is 9.94. The maximum absolute atomic E-state index is 14.1. The predicted octanol–water partition coefficient (Wildman–Crippen LogP) is 6.14. The molecule has 36 heavy (non-hydrogen) atoms. The molecule has 0 saturated heterocycles. The van der Waals surface area contributed by atoms with Crippen molar-refractivity contribution in [3.63, 3.8) is 0 Å². The van der Waals surface area contributed by atoms with E-state index in [-0.39, 0.29) is 16.7 Å².